The van der Waals surface area contributed by atoms with Crippen molar-refractivity contribution in [2.45, 2.75) is 38.8 Å². The van der Waals surface area contributed by atoms with Gasteiger partial charge in [-0.3, -0.25) is 4.79 Å². The molecule has 2 unspecified atom stereocenters. The topological polar surface area (TPSA) is 57.5 Å². The smallest absolute Gasteiger partial charge is 0.420 e. The largest absolute Gasteiger partial charge is 0.507 e. The number of rotatable bonds is 6. The van der Waals surface area contributed by atoms with Crippen LogP contribution in [0.3, 0.4) is 0 Å². The van der Waals surface area contributed by atoms with Crippen LogP contribution in [-0.2, 0) is 11.0 Å². The Bertz CT molecular complexity index is 770. The quantitative estimate of drug-likeness (QED) is 0.691. The number of carbonyl (C=O) groups is 1. The van der Waals surface area contributed by atoms with Crippen LogP contribution in [0.2, 0.25) is 0 Å². The molecule has 3 nitrogen and oxygen atoms in total. The molecule has 2 N–H and O–H groups in total. The molecule has 0 radical (unpaired) electrons. The third kappa shape index (κ3) is 4.36. The van der Waals surface area contributed by atoms with E-state index in [0.29, 0.717) is 17.5 Å². The molecule has 26 heavy (non-hydrogen) atoms. The highest BCUT2D eigenvalue weighted by atomic mass is 19.4. The molecule has 0 aromatic heterocycles. The van der Waals surface area contributed by atoms with Crippen LogP contribution in [0.25, 0.3) is 11.1 Å². The number of hydrogen-bond acceptors (Lipinski definition) is 2. The van der Waals surface area contributed by atoms with Gasteiger partial charge >= 0.3 is 12.1 Å². The van der Waals surface area contributed by atoms with Gasteiger partial charge in [0, 0.05) is 0 Å². The summed E-state index contributed by atoms with van der Waals surface area (Å²) < 4.78 is 40.6. The normalized spacial score (nSPS) is 14.0. The molecule has 2 aromatic rings. The van der Waals surface area contributed by atoms with Crippen LogP contribution in [0.1, 0.15) is 43.7 Å². The molecule has 0 heterocycles. The van der Waals surface area contributed by atoms with Crippen molar-refractivity contribution in [2.75, 3.05) is 0 Å². The van der Waals surface area contributed by atoms with Crippen molar-refractivity contribution in [1.82, 2.24) is 0 Å². The maximum Gasteiger partial charge on any atom is 0.420 e. The lowest BCUT2D eigenvalue weighted by Gasteiger charge is -2.23. The van der Waals surface area contributed by atoms with E-state index in [-0.39, 0.29) is 12.3 Å². The summed E-state index contributed by atoms with van der Waals surface area (Å²) in [6, 6.07) is 10.8. The zero-order valence-electron chi connectivity index (χ0n) is 14.5. The summed E-state index contributed by atoms with van der Waals surface area (Å²) in [6.07, 6.45) is -4.14. The molecule has 0 bridgehead atoms. The van der Waals surface area contributed by atoms with E-state index in [1.807, 2.05) is 6.92 Å². The highest BCUT2D eigenvalue weighted by Crippen LogP contribution is 2.44. The number of benzene rings is 2. The van der Waals surface area contributed by atoms with Crippen LogP contribution in [0.4, 0.5) is 13.2 Å². The molecule has 0 amide bonds. The van der Waals surface area contributed by atoms with Crippen molar-refractivity contribution in [3.63, 3.8) is 0 Å². The molecule has 0 fully saturated rings. The van der Waals surface area contributed by atoms with Crippen LogP contribution in [0.15, 0.2) is 42.5 Å². The molecule has 2 atom stereocenters. The van der Waals surface area contributed by atoms with Gasteiger partial charge in [-0.1, -0.05) is 50.6 Å². The van der Waals surface area contributed by atoms with Crippen molar-refractivity contribution in [3.05, 3.63) is 53.6 Å². The summed E-state index contributed by atoms with van der Waals surface area (Å²) in [5, 5.41) is 19.6. The number of alkyl halides is 3. The lowest BCUT2D eigenvalue weighted by Crippen LogP contribution is -2.20. The van der Waals surface area contributed by atoms with Gasteiger partial charge in [0.2, 0.25) is 0 Å². The third-order valence-corrected chi connectivity index (χ3v) is 4.55. The van der Waals surface area contributed by atoms with Gasteiger partial charge in [0.05, 0.1) is 5.92 Å². The Morgan fingerprint density at radius 1 is 1.12 bits per heavy atom. The second-order valence-corrected chi connectivity index (χ2v) is 6.46. The molecule has 6 heteroatoms. The molecule has 0 aliphatic rings. The van der Waals surface area contributed by atoms with E-state index in [9.17, 15) is 28.2 Å². The van der Waals surface area contributed by atoms with E-state index in [0.717, 1.165) is 6.07 Å². The zero-order chi connectivity index (χ0) is 19.5. The Labute approximate surface area is 150 Å². The van der Waals surface area contributed by atoms with Gasteiger partial charge in [-0.25, -0.2) is 0 Å². The summed E-state index contributed by atoms with van der Waals surface area (Å²) in [4.78, 5) is 11.7. The van der Waals surface area contributed by atoms with Gasteiger partial charge in [0.15, 0.2) is 0 Å². The Kier molecular flexibility index (Phi) is 5.95. The van der Waals surface area contributed by atoms with Gasteiger partial charge < -0.3 is 10.2 Å². The second kappa shape index (κ2) is 7.81. The van der Waals surface area contributed by atoms with Crippen molar-refractivity contribution in [1.29, 1.82) is 0 Å². The molecule has 2 aromatic carbocycles. The average molecular weight is 366 g/mol. The average Bonchev–Trinajstić information content (AvgIpc) is 2.58. The van der Waals surface area contributed by atoms with Crippen molar-refractivity contribution >= 4 is 5.97 Å². The fourth-order valence-corrected chi connectivity index (χ4v) is 2.96. The summed E-state index contributed by atoms with van der Waals surface area (Å²) in [5.74, 6) is -3.71. The number of phenols is 1. The minimum atomic E-state index is -4.85. The molecule has 140 valence electrons. The minimum Gasteiger partial charge on any atom is -0.507 e. The zero-order valence-corrected chi connectivity index (χ0v) is 14.5. The second-order valence-electron chi connectivity index (χ2n) is 6.46. The van der Waals surface area contributed by atoms with E-state index in [4.69, 9.17) is 0 Å². The van der Waals surface area contributed by atoms with E-state index in [2.05, 4.69) is 0 Å². The fraction of sp³-hybridized carbons (Fsp3) is 0.350. The molecule has 0 spiro atoms. The fourth-order valence-electron chi connectivity index (χ4n) is 2.96. The standard InChI is InChI=1S/C20H21F3O3/c1-3-12(2)9-16(19(25)26)15-10-14(13-7-5-4-6-8-13)11-17(24)18(15)20(21,22)23/h4-8,10-12,16,24H,3,9H2,1-2H3,(H,25,26). The van der Waals surface area contributed by atoms with Crippen LogP contribution >= 0.6 is 0 Å². The summed E-state index contributed by atoms with van der Waals surface area (Å²) in [5.41, 5.74) is -0.719. The predicted molar refractivity (Wildman–Crippen MR) is 93.0 cm³/mol. The van der Waals surface area contributed by atoms with Crippen molar-refractivity contribution in [2.24, 2.45) is 5.92 Å². The van der Waals surface area contributed by atoms with E-state index >= 15 is 0 Å². The number of carboxylic acid groups (broad SMARTS) is 1. The lowest BCUT2D eigenvalue weighted by molar-refractivity contribution is -0.142. The number of aliphatic carboxylic acids is 1. The van der Waals surface area contributed by atoms with Crippen LogP contribution < -0.4 is 0 Å². The maximum atomic E-state index is 13.5. The molecule has 0 aliphatic carbocycles. The van der Waals surface area contributed by atoms with Crippen molar-refractivity contribution in [3.8, 4) is 16.9 Å². The van der Waals surface area contributed by atoms with Gasteiger partial charge in [-0.2, -0.15) is 13.2 Å². The van der Waals surface area contributed by atoms with E-state index in [1.54, 1.807) is 37.3 Å². The molecule has 0 aliphatic heterocycles. The Morgan fingerprint density at radius 2 is 1.73 bits per heavy atom. The van der Waals surface area contributed by atoms with Crippen LogP contribution in [0, 0.1) is 5.92 Å². The number of hydrogen-bond donors (Lipinski definition) is 2. The van der Waals surface area contributed by atoms with E-state index in [1.165, 1.54) is 6.07 Å². The molecule has 0 saturated heterocycles. The summed E-state index contributed by atoms with van der Waals surface area (Å²) in [7, 11) is 0. The monoisotopic (exact) mass is 366 g/mol. The first-order valence-electron chi connectivity index (χ1n) is 8.37. The molecular formula is C20H21F3O3. The highest BCUT2D eigenvalue weighted by Gasteiger charge is 2.40. The van der Waals surface area contributed by atoms with Gasteiger partial charge in [-0.05, 0) is 41.2 Å². The van der Waals surface area contributed by atoms with Gasteiger partial charge in [0.25, 0.3) is 0 Å². The van der Waals surface area contributed by atoms with E-state index < -0.39 is 34.9 Å². The first-order valence-corrected chi connectivity index (χ1v) is 8.37. The number of aromatic hydroxyl groups is 1. The minimum absolute atomic E-state index is 0.0621. The first-order chi connectivity index (χ1) is 12.1. The predicted octanol–water partition coefficient (Wildman–Crippen LogP) is 5.68. The Balaban J connectivity index is 2.69. The van der Waals surface area contributed by atoms with Crippen molar-refractivity contribution < 1.29 is 28.2 Å². The maximum absolute atomic E-state index is 13.5. The van der Waals surface area contributed by atoms with Gasteiger partial charge in [-0.15, -0.1) is 0 Å². The number of carboxylic acids is 1. The lowest BCUT2D eigenvalue weighted by atomic mass is 9.84. The molecule has 2 rings (SSSR count). The molecule has 0 saturated carbocycles. The van der Waals surface area contributed by atoms with Gasteiger partial charge in [0.1, 0.15) is 11.3 Å². The number of halogens is 3. The Morgan fingerprint density at radius 3 is 2.23 bits per heavy atom. The summed E-state index contributed by atoms with van der Waals surface area (Å²) >= 11 is 0. The molecular weight excluding hydrogens is 345 g/mol. The van der Waals surface area contributed by atoms with Crippen LogP contribution in [0.5, 0.6) is 5.75 Å². The summed E-state index contributed by atoms with van der Waals surface area (Å²) in [6.45, 7) is 3.65. The first kappa shape index (κ1) is 19.8. The SMILES string of the molecule is CCC(C)CC(C(=O)O)c1cc(-c2ccccc2)cc(O)c1C(F)(F)F. The third-order valence-electron chi connectivity index (χ3n) is 4.55. The number of phenolic OH excluding ortho intramolecular Hbond substituents is 1. The van der Waals surface area contributed by atoms with Crippen LogP contribution in [-0.4, -0.2) is 16.2 Å². The Hall–Kier alpha value is -2.50. The highest BCUT2D eigenvalue weighted by molar-refractivity contribution is 5.79.